The van der Waals surface area contributed by atoms with Gasteiger partial charge in [0, 0.05) is 19.3 Å². The molecule has 0 aromatic carbocycles. The standard InChI is InChI=1S/C11H17N3O3/c1-8-10(11(15)16)7-14(12-8)6-9-5-13(2)3-4-17-9/h7,9H,3-6H2,1-2H3,(H,15,16). The Morgan fingerprint density at radius 3 is 3.06 bits per heavy atom. The van der Waals surface area contributed by atoms with Crippen molar-refractivity contribution in [2.75, 3.05) is 26.7 Å². The second-order valence-corrected chi connectivity index (χ2v) is 4.41. The maximum Gasteiger partial charge on any atom is 0.339 e. The number of carboxylic acids is 1. The van der Waals surface area contributed by atoms with Crippen LogP contribution < -0.4 is 0 Å². The highest BCUT2D eigenvalue weighted by Gasteiger charge is 2.20. The number of ether oxygens (including phenoxy) is 1. The molecule has 1 aliphatic heterocycles. The Balaban J connectivity index is 2.03. The summed E-state index contributed by atoms with van der Waals surface area (Å²) in [4.78, 5) is 13.1. The van der Waals surface area contributed by atoms with Crippen LogP contribution in [0.5, 0.6) is 0 Å². The van der Waals surface area contributed by atoms with Crippen molar-refractivity contribution in [3.8, 4) is 0 Å². The van der Waals surface area contributed by atoms with E-state index >= 15 is 0 Å². The fourth-order valence-electron chi connectivity index (χ4n) is 2.01. The van der Waals surface area contributed by atoms with Gasteiger partial charge in [-0.25, -0.2) is 4.79 Å². The van der Waals surface area contributed by atoms with Crippen molar-refractivity contribution >= 4 is 5.97 Å². The van der Waals surface area contributed by atoms with E-state index in [2.05, 4.69) is 10.00 Å². The fraction of sp³-hybridized carbons (Fsp3) is 0.636. The van der Waals surface area contributed by atoms with E-state index in [-0.39, 0.29) is 11.7 Å². The summed E-state index contributed by atoms with van der Waals surface area (Å²) in [5.41, 5.74) is 0.802. The van der Waals surface area contributed by atoms with Gasteiger partial charge < -0.3 is 14.7 Å². The lowest BCUT2D eigenvalue weighted by Crippen LogP contribution is -2.42. The van der Waals surface area contributed by atoms with Gasteiger partial charge in [-0.15, -0.1) is 0 Å². The number of nitrogens with zero attached hydrogens (tertiary/aromatic N) is 3. The van der Waals surface area contributed by atoms with Crippen molar-refractivity contribution in [3.63, 3.8) is 0 Å². The largest absolute Gasteiger partial charge is 0.478 e. The molecular weight excluding hydrogens is 222 g/mol. The number of aromatic carboxylic acids is 1. The lowest BCUT2D eigenvalue weighted by molar-refractivity contribution is -0.0290. The summed E-state index contributed by atoms with van der Waals surface area (Å²) in [5, 5.41) is 13.1. The van der Waals surface area contributed by atoms with Gasteiger partial charge >= 0.3 is 5.97 Å². The lowest BCUT2D eigenvalue weighted by Gasteiger charge is -2.29. The van der Waals surface area contributed by atoms with Crippen molar-refractivity contribution < 1.29 is 14.6 Å². The zero-order chi connectivity index (χ0) is 12.4. The summed E-state index contributed by atoms with van der Waals surface area (Å²) in [6, 6.07) is 0. The van der Waals surface area contributed by atoms with E-state index in [1.807, 2.05) is 7.05 Å². The van der Waals surface area contributed by atoms with Crippen LogP contribution in [-0.4, -0.2) is 58.6 Å². The van der Waals surface area contributed by atoms with Gasteiger partial charge in [0.05, 0.1) is 24.9 Å². The number of aryl methyl sites for hydroxylation is 1. The molecule has 1 aliphatic rings. The zero-order valence-corrected chi connectivity index (χ0v) is 10.1. The molecule has 0 radical (unpaired) electrons. The van der Waals surface area contributed by atoms with Gasteiger partial charge in [-0.05, 0) is 14.0 Å². The molecule has 0 saturated carbocycles. The van der Waals surface area contributed by atoms with E-state index in [1.165, 1.54) is 0 Å². The van der Waals surface area contributed by atoms with E-state index < -0.39 is 5.97 Å². The van der Waals surface area contributed by atoms with Crippen LogP contribution >= 0.6 is 0 Å². The van der Waals surface area contributed by atoms with Crippen LogP contribution in [0.4, 0.5) is 0 Å². The normalized spacial score (nSPS) is 21.6. The van der Waals surface area contributed by atoms with Crippen molar-refractivity contribution in [2.24, 2.45) is 0 Å². The van der Waals surface area contributed by atoms with Crippen LogP contribution in [-0.2, 0) is 11.3 Å². The summed E-state index contributed by atoms with van der Waals surface area (Å²) in [6.45, 7) is 4.80. The van der Waals surface area contributed by atoms with E-state index in [1.54, 1.807) is 17.8 Å². The average Bonchev–Trinajstić information content (AvgIpc) is 2.59. The van der Waals surface area contributed by atoms with E-state index in [9.17, 15) is 4.79 Å². The summed E-state index contributed by atoms with van der Waals surface area (Å²) in [7, 11) is 2.05. The Hall–Kier alpha value is -1.40. The van der Waals surface area contributed by atoms with Crippen LogP contribution in [0.25, 0.3) is 0 Å². The Kier molecular flexibility index (Phi) is 3.44. The van der Waals surface area contributed by atoms with Crippen molar-refractivity contribution in [1.82, 2.24) is 14.7 Å². The number of hydrogen-bond donors (Lipinski definition) is 1. The Morgan fingerprint density at radius 2 is 2.47 bits per heavy atom. The molecule has 0 spiro atoms. The Bertz CT molecular complexity index is 416. The monoisotopic (exact) mass is 239 g/mol. The SMILES string of the molecule is Cc1nn(CC2CN(C)CCO2)cc1C(=O)O. The molecular formula is C11H17N3O3. The highest BCUT2D eigenvalue weighted by molar-refractivity contribution is 5.88. The molecule has 1 fully saturated rings. The lowest BCUT2D eigenvalue weighted by atomic mass is 10.2. The zero-order valence-electron chi connectivity index (χ0n) is 10.1. The first kappa shape index (κ1) is 12.1. The van der Waals surface area contributed by atoms with Crippen LogP contribution in [0.3, 0.4) is 0 Å². The minimum absolute atomic E-state index is 0.0784. The van der Waals surface area contributed by atoms with Gasteiger partial charge in [0.15, 0.2) is 0 Å². The molecule has 1 atom stereocenters. The van der Waals surface area contributed by atoms with Crippen LogP contribution in [0, 0.1) is 6.92 Å². The molecule has 1 N–H and O–H groups in total. The highest BCUT2D eigenvalue weighted by atomic mass is 16.5. The molecule has 0 bridgehead atoms. The maximum absolute atomic E-state index is 10.9. The van der Waals surface area contributed by atoms with Crippen molar-refractivity contribution in [1.29, 1.82) is 0 Å². The van der Waals surface area contributed by atoms with Gasteiger partial charge in [-0.1, -0.05) is 0 Å². The first-order chi connectivity index (χ1) is 8.06. The second-order valence-electron chi connectivity index (χ2n) is 4.41. The Morgan fingerprint density at radius 1 is 1.71 bits per heavy atom. The summed E-state index contributed by atoms with van der Waals surface area (Å²) in [5.74, 6) is -0.935. The van der Waals surface area contributed by atoms with Gasteiger partial charge in [0.2, 0.25) is 0 Å². The first-order valence-electron chi connectivity index (χ1n) is 5.63. The van der Waals surface area contributed by atoms with Crippen molar-refractivity contribution in [2.45, 2.75) is 19.6 Å². The first-order valence-corrected chi connectivity index (χ1v) is 5.63. The smallest absolute Gasteiger partial charge is 0.339 e. The predicted octanol–water partition coefficient (Wildman–Crippen LogP) is 0.220. The molecule has 6 nitrogen and oxygen atoms in total. The van der Waals surface area contributed by atoms with Crippen LogP contribution in [0.15, 0.2) is 6.20 Å². The third-order valence-corrected chi connectivity index (χ3v) is 2.91. The minimum atomic E-state index is -0.935. The van der Waals surface area contributed by atoms with E-state index in [0.29, 0.717) is 18.8 Å². The number of rotatable bonds is 3. The quantitative estimate of drug-likeness (QED) is 0.817. The topological polar surface area (TPSA) is 67.6 Å². The fourth-order valence-corrected chi connectivity index (χ4v) is 2.01. The van der Waals surface area contributed by atoms with Gasteiger partial charge in [0.25, 0.3) is 0 Å². The number of aromatic nitrogens is 2. The number of likely N-dealkylation sites (N-methyl/N-ethyl adjacent to an activating group) is 1. The number of hydrogen-bond acceptors (Lipinski definition) is 4. The van der Waals surface area contributed by atoms with Crippen molar-refractivity contribution in [3.05, 3.63) is 17.5 Å². The molecule has 2 rings (SSSR count). The number of morpholine rings is 1. The molecule has 6 heteroatoms. The number of carbonyl (C=O) groups is 1. The van der Waals surface area contributed by atoms with E-state index in [0.717, 1.165) is 13.1 Å². The third-order valence-electron chi connectivity index (χ3n) is 2.91. The highest BCUT2D eigenvalue weighted by Crippen LogP contribution is 2.09. The molecule has 1 aromatic rings. The Labute approximate surface area is 99.8 Å². The van der Waals surface area contributed by atoms with Gasteiger partial charge in [0.1, 0.15) is 5.56 Å². The molecule has 1 unspecified atom stereocenters. The van der Waals surface area contributed by atoms with Gasteiger partial charge in [-0.2, -0.15) is 5.10 Å². The van der Waals surface area contributed by atoms with Crippen LogP contribution in [0.2, 0.25) is 0 Å². The maximum atomic E-state index is 10.9. The second kappa shape index (κ2) is 4.85. The molecule has 17 heavy (non-hydrogen) atoms. The average molecular weight is 239 g/mol. The molecule has 2 heterocycles. The molecule has 0 aliphatic carbocycles. The molecule has 1 aromatic heterocycles. The third kappa shape index (κ3) is 2.83. The summed E-state index contributed by atoms with van der Waals surface area (Å²) < 4.78 is 7.27. The van der Waals surface area contributed by atoms with E-state index in [4.69, 9.17) is 9.84 Å². The van der Waals surface area contributed by atoms with Crippen LogP contribution in [0.1, 0.15) is 16.1 Å². The summed E-state index contributed by atoms with van der Waals surface area (Å²) >= 11 is 0. The molecule has 1 saturated heterocycles. The minimum Gasteiger partial charge on any atom is -0.478 e. The predicted molar refractivity (Wildman–Crippen MR) is 61.2 cm³/mol. The molecule has 94 valence electrons. The number of carboxylic acid groups (broad SMARTS) is 1. The van der Waals surface area contributed by atoms with Gasteiger partial charge in [-0.3, -0.25) is 4.68 Å². The summed E-state index contributed by atoms with van der Waals surface area (Å²) in [6.07, 6.45) is 1.64. The molecule has 0 amide bonds.